The number of ether oxygens (including phenoxy) is 1. The standard InChI is InChI=1S/C5H3NO7/c1-7-4-2(9-8-1)3-5(6-4)11-13-12-10-3/h6H,1H2. The van der Waals surface area contributed by atoms with Gasteiger partial charge in [0.25, 0.3) is 11.3 Å². The predicted molar refractivity (Wildman–Crippen MR) is 32.2 cm³/mol. The zero-order valence-electron chi connectivity index (χ0n) is 6.06. The second-order valence-electron chi connectivity index (χ2n) is 2.21. The van der Waals surface area contributed by atoms with Crippen LogP contribution in [0.25, 0.3) is 11.3 Å². The number of rotatable bonds is 0. The van der Waals surface area contributed by atoms with E-state index in [0.29, 0.717) is 5.88 Å². The molecule has 0 saturated carbocycles. The van der Waals surface area contributed by atoms with Gasteiger partial charge in [-0.1, -0.05) is 0 Å². The van der Waals surface area contributed by atoms with Crippen molar-refractivity contribution in [2.24, 2.45) is 0 Å². The lowest BCUT2D eigenvalue weighted by molar-refractivity contribution is -0.298. The highest BCUT2D eigenvalue weighted by atomic mass is 17.4. The molecule has 0 atom stereocenters. The molecule has 8 heteroatoms. The maximum atomic E-state index is 5.00. The molecule has 0 spiro atoms. The molecule has 70 valence electrons. The van der Waals surface area contributed by atoms with Gasteiger partial charge >= 0.3 is 5.71 Å². The van der Waals surface area contributed by atoms with Crippen LogP contribution in [0.1, 0.15) is 0 Å². The Morgan fingerprint density at radius 3 is 3.08 bits per heavy atom. The van der Waals surface area contributed by atoms with Gasteiger partial charge in [0.05, 0.1) is 0 Å². The van der Waals surface area contributed by atoms with E-state index in [9.17, 15) is 0 Å². The summed E-state index contributed by atoms with van der Waals surface area (Å²) in [5, 5.41) is 0. The molecule has 0 aromatic carbocycles. The van der Waals surface area contributed by atoms with E-state index in [4.69, 9.17) is 9.62 Å². The molecule has 2 aromatic rings. The number of hydrogen-bond acceptors (Lipinski definition) is 7. The molecular formula is C5H3NO7. The Labute approximate surface area is 68.9 Å². The molecule has 0 aliphatic carbocycles. The Balaban J connectivity index is 2.34. The largest absolute Gasteiger partial charge is 0.445 e. The second kappa shape index (κ2) is 2.26. The van der Waals surface area contributed by atoms with E-state index in [1.165, 1.54) is 0 Å². The Hall–Kier alpha value is -1.96. The summed E-state index contributed by atoms with van der Waals surface area (Å²) in [6.45, 7) is -0.0197. The van der Waals surface area contributed by atoms with Gasteiger partial charge in [-0.05, 0) is 9.47 Å². The smallest absolute Gasteiger partial charge is 0.307 e. The molecule has 0 amide bonds. The van der Waals surface area contributed by atoms with Gasteiger partial charge in [-0.25, -0.2) is 9.15 Å². The second-order valence-corrected chi connectivity index (χ2v) is 2.21. The van der Waals surface area contributed by atoms with Crippen molar-refractivity contribution in [3.05, 3.63) is 0 Å². The predicted octanol–water partition coefficient (Wildman–Crippen LogP) is 1.32. The van der Waals surface area contributed by atoms with Crippen LogP contribution in [-0.4, -0.2) is 11.8 Å². The van der Waals surface area contributed by atoms with E-state index < -0.39 is 0 Å². The van der Waals surface area contributed by atoms with Crippen molar-refractivity contribution < 1.29 is 33.1 Å². The highest BCUT2D eigenvalue weighted by Gasteiger charge is 2.25. The number of hydrogen-bond donors (Lipinski definition) is 1. The normalized spacial score (nSPS) is 14.8. The molecule has 3 rings (SSSR count). The third-order valence-corrected chi connectivity index (χ3v) is 1.50. The molecule has 13 heavy (non-hydrogen) atoms. The maximum Gasteiger partial charge on any atom is 0.307 e. The Morgan fingerprint density at radius 1 is 1.15 bits per heavy atom. The molecule has 0 radical (unpaired) electrons. The summed E-state index contributed by atoms with van der Waals surface area (Å²) in [5.41, 5.74) is 0.350. The van der Waals surface area contributed by atoms with E-state index in [1.54, 1.807) is 0 Å². The third-order valence-electron chi connectivity index (χ3n) is 1.50. The van der Waals surface area contributed by atoms with Crippen LogP contribution in [0.15, 0.2) is 18.6 Å². The fourth-order valence-corrected chi connectivity index (χ4v) is 0.996. The number of fused-ring (bicyclic) bond motifs is 3. The van der Waals surface area contributed by atoms with Gasteiger partial charge in [-0.15, -0.1) is 4.89 Å². The van der Waals surface area contributed by atoms with Crippen LogP contribution < -0.4 is 9.62 Å². The minimum absolute atomic E-state index is 0.0197. The van der Waals surface area contributed by atoms with Gasteiger partial charge < -0.3 is 9.62 Å². The summed E-state index contributed by atoms with van der Waals surface area (Å²) in [5.74, 6) is 0.537. The van der Waals surface area contributed by atoms with E-state index in [2.05, 4.69) is 28.5 Å². The van der Waals surface area contributed by atoms with Gasteiger partial charge in [-0.3, -0.25) is 4.98 Å². The first-order chi connectivity index (χ1) is 6.45. The molecule has 0 saturated heterocycles. The Morgan fingerprint density at radius 2 is 2.08 bits per heavy atom. The summed E-state index contributed by atoms with van der Waals surface area (Å²) in [6, 6.07) is 0. The zero-order chi connectivity index (χ0) is 8.67. The lowest BCUT2D eigenvalue weighted by Gasteiger charge is -2.10. The third kappa shape index (κ3) is 0.825. The molecule has 3 heterocycles. The van der Waals surface area contributed by atoms with Crippen LogP contribution in [0.3, 0.4) is 0 Å². The zero-order valence-corrected chi connectivity index (χ0v) is 6.06. The van der Waals surface area contributed by atoms with Crippen LogP contribution in [0, 0.1) is 0 Å². The summed E-state index contributed by atoms with van der Waals surface area (Å²) >= 11 is 0. The molecule has 1 aliphatic rings. The summed E-state index contributed by atoms with van der Waals surface area (Å²) in [4.78, 5) is 12.0. The van der Waals surface area contributed by atoms with E-state index in [1.807, 2.05) is 0 Å². The highest BCUT2D eigenvalue weighted by molar-refractivity contribution is 5.77. The van der Waals surface area contributed by atoms with Gasteiger partial charge in [-0.2, -0.15) is 0 Å². The average Bonchev–Trinajstić information content (AvgIpc) is 2.56. The monoisotopic (exact) mass is 189 g/mol. The first-order valence-electron chi connectivity index (χ1n) is 3.31. The summed E-state index contributed by atoms with van der Waals surface area (Å²) in [6.07, 6.45) is 0. The van der Waals surface area contributed by atoms with E-state index in [0.717, 1.165) is 0 Å². The van der Waals surface area contributed by atoms with Crippen LogP contribution in [0.2, 0.25) is 0 Å². The average molecular weight is 189 g/mol. The van der Waals surface area contributed by atoms with Crippen molar-refractivity contribution in [2.75, 3.05) is 6.79 Å². The summed E-state index contributed by atoms with van der Waals surface area (Å²) in [7, 11) is 0. The van der Waals surface area contributed by atoms with Gasteiger partial charge in [0.2, 0.25) is 12.7 Å². The van der Waals surface area contributed by atoms with Gasteiger partial charge in [0.15, 0.2) is 0 Å². The Kier molecular flexibility index (Phi) is 1.14. The lowest BCUT2D eigenvalue weighted by Crippen LogP contribution is -2.11. The fourth-order valence-electron chi connectivity index (χ4n) is 0.996. The van der Waals surface area contributed by atoms with Gasteiger partial charge in [0, 0.05) is 0 Å². The first kappa shape index (κ1) is 6.54. The summed E-state index contributed by atoms with van der Waals surface area (Å²) < 4.78 is 22.3. The molecule has 0 unspecified atom stereocenters. The minimum atomic E-state index is -0.0197. The van der Waals surface area contributed by atoms with Crippen molar-refractivity contribution in [1.29, 1.82) is 0 Å². The van der Waals surface area contributed by atoms with E-state index in [-0.39, 0.29) is 23.8 Å². The highest BCUT2D eigenvalue weighted by Crippen LogP contribution is 2.37. The van der Waals surface area contributed by atoms with Crippen molar-refractivity contribution in [1.82, 2.24) is 4.98 Å². The molecule has 0 fully saturated rings. The molecule has 2 aromatic heterocycles. The van der Waals surface area contributed by atoms with Crippen LogP contribution >= 0.6 is 0 Å². The van der Waals surface area contributed by atoms with Crippen LogP contribution in [0.4, 0.5) is 0 Å². The van der Waals surface area contributed by atoms with Crippen molar-refractivity contribution in [3.63, 3.8) is 0 Å². The maximum absolute atomic E-state index is 5.00. The van der Waals surface area contributed by atoms with Crippen LogP contribution in [0.5, 0.6) is 11.6 Å². The van der Waals surface area contributed by atoms with E-state index >= 15 is 0 Å². The number of nitrogens with one attached hydrogen (secondary N) is 1. The Bertz CT molecular complexity index is 451. The SMILES string of the molecule is C1OOc2c([nH]c3ooooc23)O1. The number of aromatic nitrogens is 1. The molecule has 0 bridgehead atoms. The van der Waals surface area contributed by atoms with Crippen LogP contribution in [-0.2, 0) is 4.89 Å². The fraction of sp³-hybridized carbons (Fsp3) is 0.200. The quantitative estimate of drug-likeness (QED) is 0.624. The van der Waals surface area contributed by atoms with Crippen molar-refractivity contribution >= 4 is 11.3 Å². The van der Waals surface area contributed by atoms with Crippen molar-refractivity contribution in [3.8, 4) is 11.6 Å². The molecule has 8 nitrogen and oxygen atoms in total. The molecule has 1 aliphatic heterocycles. The number of H-pyrrole nitrogens is 1. The van der Waals surface area contributed by atoms with Crippen molar-refractivity contribution in [2.45, 2.75) is 0 Å². The molecular weight excluding hydrogens is 186 g/mol. The first-order valence-corrected chi connectivity index (χ1v) is 3.31. The van der Waals surface area contributed by atoms with Gasteiger partial charge in [0.1, 0.15) is 0 Å². The number of aromatic amines is 1. The topological polar surface area (TPSA) is 96.0 Å². The molecule has 1 N–H and O–H groups in total. The minimum Gasteiger partial charge on any atom is -0.445 e. The lowest BCUT2D eigenvalue weighted by atomic mass is 10.5.